The van der Waals surface area contributed by atoms with E-state index in [1.54, 1.807) is 0 Å². The van der Waals surface area contributed by atoms with Gasteiger partial charge in [0.15, 0.2) is 0 Å². The van der Waals surface area contributed by atoms with Crippen molar-refractivity contribution in [2.45, 2.75) is 39.5 Å². The Morgan fingerprint density at radius 1 is 0.875 bits per heavy atom. The highest BCUT2D eigenvalue weighted by Gasteiger charge is 2.31. The number of carbonyl (C=O) groups is 2. The van der Waals surface area contributed by atoms with E-state index in [0.29, 0.717) is 13.2 Å². The van der Waals surface area contributed by atoms with E-state index >= 15 is 0 Å². The second-order valence-electron chi connectivity index (χ2n) is 4.05. The standard InChI is InChI=1S/C12H20O4/c1-3-15-11(13)9-5-7-10(8-6-9)12(14)16-4-2/h9-10H,3-8H2,1-2H3/t9-,10-. The predicted octanol–water partition coefficient (Wildman–Crippen LogP) is 1.92. The van der Waals surface area contributed by atoms with E-state index < -0.39 is 0 Å². The van der Waals surface area contributed by atoms with Gasteiger partial charge in [-0.25, -0.2) is 0 Å². The molecule has 4 nitrogen and oxygen atoms in total. The SMILES string of the molecule is CCOC(=O)[C@H]1CC[C@H](C(=O)OCC)CC1. The molecule has 0 bridgehead atoms. The van der Waals surface area contributed by atoms with Crippen LogP contribution in [0.3, 0.4) is 0 Å². The summed E-state index contributed by atoms with van der Waals surface area (Å²) < 4.78 is 9.94. The maximum atomic E-state index is 11.5. The summed E-state index contributed by atoms with van der Waals surface area (Å²) >= 11 is 0. The van der Waals surface area contributed by atoms with Gasteiger partial charge < -0.3 is 9.47 Å². The van der Waals surface area contributed by atoms with Gasteiger partial charge in [0.25, 0.3) is 0 Å². The molecule has 1 saturated carbocycles. The van der Waals surface area contributed by atoms with Crippen molar-refractivity contribution in [3.63, 3.8) is 0 Å². The van der Waals surface area contributed by atoms with Crippen LogP contribution in [0.4, 0.5) is 0 Å². The third-order valence-electron chi connectivity index (χ3n) is 2.97. The molecule has 1 rings (SSSR count). The van der Waals surface area contributed by atoms with Crippen molar-refractivity contribution in [3.8, 4) is 0 Å². The Hall–Kier alpha value is -1.06. The van der Waals surface area contributed by atoms with Crippen LogP contribution < -0.4 is 0 Å². The van der Waals surface area contributed by atoms with Gasteiger partial charge in [-0.1, -0.05) is 0 Å². The summed E-state index contributed by atoms with van der Waals surface area (Å²) in [6.45, 7) is 4.47. The molecule has 0 aromatic heterocycles. The molecule has 0 heterocycles. The van der Waals surface area contributed by atoms with Gasteiger partial charge >= 0.3 is 11.9 Å². The number of esters is 2. The fourth-order valence-electron chi connectivity index (χ4n) is 2.09. The van der Waals surface area contributed by atoms with E-state index in [-0.39, 0.29) is 23.8 Å². The molecular weight excluding hydrogens is 208 g/mol. The summed E-state index contributed by atoms with van der Waals surface area (Å²) in [5.74, 6) is -0.286. The molecule has 1 fully saturated rings. The van der Waals surface area contributed by atoms with Gasteiger partial charge in [-0.3, -0.25) is 9.59 Å². The van der Waals surface area contributed by atoms with Crippen LogP contribution >= 0.6 is 0 Å². The molecule has 0 unspecified atom stereocenters. The van der Waals surface area contributed by atoms with E-state index in [1.807, 2.05) is 13.8 Å². The van der Waals surface area contributed by atoms with Crippen molar-refractivity contribution in [3.05, 3.63) is 0 Å². The van der Waals surface area contributed by atoms with E-state index in [1.165, 1.54) is 0 Å². The van der Waals surface area contributed by atoms with Crippen LogP contribution in [-0.2, 0) is 19.1 Å². The summed E-state index contributed by atoms with van der Waals surface area (Å²) in [6.07, 6.45) is 2.95. The Morgan fingerprint density at radius 3 is 1.44 bits per heavy atom. The lowest BCUT2D eigenvalue weighted by Gasteiger charge is -2.25. The van der Waals surface area contributed by atoms with Crippen molar-refractivity contribution in [2.75, 3.05) is 13.2 Å². The van der Waals surface area contributed by atoms with Crippen molar-refractivity contribution < 1.29 is 19.1 Å². The molecule has 4 heteroatoms. The second-order valence-corrected chi connectivity index (χ2v) is 4.05. The number of ether oxygens (including phenoxy) is 2. The number of carbonyl (C=O) groups excluding carboxylic acids is 2. The van der Waals surface area contributed by atoms with Gasteiger partial charge in [-0.15, -0.1) is 0 Å². The number of rotatable bonds is 4. The summed E-state index contributed by atoms with van der Waals surface area (Å²) in [5, 5.41) is 0. The van der Waals surface area contributed by atoms with Crippen LogP contribution in [0.1, 0.15) is 39.5 Å². The average Bonchev–Trinajstić information content (AvgIpc) is 2.30. The minimum absolute atomic E-state index is 0.0226. The van der Waals surface area contributed by atoms with Gasteiger partial charge in [-0.05, 0) is 39.5 Å². The quantitative estimate of drug-likeness (QED) is 0.690. The van der Waals surface area contributed by atoms with Crippen LogP contribution in [0, 0.1) is 11.8 Å². The average molecular weight is 228 g/mol. The van der Waals surface area contributed by atoms with E-state index in [4.69, 9.17) is 9.47 Å². The third kappa shape index (κ3) is 3.51. The summed E-state index contributed by atoms with van der Waals surface area (Å²) in [6, 6.07) is 0. The van der Waals surface area contributed by atoms with Crippen molar-refractivity contribution in [1.82, 2.24) is 0 Å². The van der Waals surface area contributed by atoms with Crippen molar-refractivity contribution >= 4 is 11.9 Å². The first kappa shape index (κ1) is 13.0. The zero-order valence-electron chi connectivity index (χ0n) is 10.0. The fourth-order valence-corrected chi connectivity index (χ4v) is 2.09. The maximum Gasteiger partial charge on any atom is 0.308 e. The molecule has 1 aliphatic rings. The first-order chi connectivity index (χ1) is 7.69. The summed E-state index contributed by atoms with van der Waals surface area (Å²) in [7, 11) is 0. The van der Waals surface area contributed by atoms with Gasteiger partial charge in [-0.2, -0.15) is 0 Å². The molecule has 0 aliphatic heterocycles. The summed E-state index contributed by atoms with van der Waals surface area (Å²) in [5.41, 5.74) is 0. The number of hydrogen-bond donors (Lipinski definition) is 0. The molecule has 1 aliphatic carbocycles. The molecule has 0 amide bonds. The Kier molecular flexibility index (Phi) is 5.29. The van der Waals surface area contributed by atoms with E-state index in [9.17, 15) is 9.59 Å². The Morgan fingerprint density at radius 2 is 1.19 bits per heavy atom. The maximum absolute atomic E-state index is 11.5. The molecular formula is C12H20O4. The van der Waals surface area contributed by atoms with Gasteiger partial charge in [0.2, 0.25) is 0 Å². The monoisotopic (exact) mass is 228 g/mol. The lowest BCUT2D eigenvalue weighted by molar-refractivity contribution is -0.154. The molecule has 92 valence electrons. The highest BCUT2D eigenvalue weighted by atomic mass is 16.5. The topological polar surface area (TPSA) is 52.6 Å². The van der Waals surface area contributed by atoms with Crippen LogP contribution in [0.25, 0.3) is 0 Å². The van der Waals surface area contributed by atoms with Gasteiger partial charge in [0.05, 0.1) is 25.0 Å². The van der Waals surface area contributed by atoms with Crippen molar-refractivity contribution in [1.29, 1.82) is 0 Å². The molecule has 0 aromatic rings. The Labute approximate surface area is 96.3 Å². The molecule has 0 aromatic carbocycles. The first-order valence-electron chi connectivity index (χ1n) is 6.02. The largest absolute Gasteiger partial charge is 0.466 e. The Balaban J connectivity index is 2.33. The Bertz CT molecular complexity index is 215. The third-order valence-corrected chi connectivity index (χ3v) is 2.97. The molecule has 0 saturated heterocycles. The lowest BCUT2D eigenvalue weighted by atomic mass is 9.82. The highest BCUT2D eigenvalue weighted by molar-refractivity contribution is 5.75. The minimum Gasteiger partial charge on any atom is -0.466 e. The number of hydrogen-bond acceptors (Lipinski definition) is 4. The van der Waals surface area contributed by atoms with Crippen molar-refractivity contribution in [2.24, 2.45) is 11.8 Å². The zero-order chi connectivity index (χ0) is 12.0. The minimum atomic E-state index is -0.121. The van der Waals surface area contributed by atoms with Gasteiger partial charge in [0, 0.05) is 0 Å². The van der Waals surface area contributed by atoms with Crippen LogP contribution in [0.5, 0.6) is 0 Å². The van der Waals surface area contributed by atoms with Crippen LogP contribution in [-0.4, -0.2) is 25.2 Å². The van der Waals surface area contributed by atoms with Crippen LogP contribution in [0.15, 0.2) is 0 Å². The highest BCUT2D eigenvalue weighted by Crippen LogP contribution is 2.30. The molecule has 0 radical (unpaired) electrons. The predicted molar refractivity (Wildman–Crippen MR) is 58.7 cm³/mol. The van der Waals surface area contributed by atoms with Crippen LogP contribution in [0.2, 0.25) is 0 Å². The van der Waals surface area contributed by atoms with Gasteiger partial charge in [0.1, 0.15) is 0 Å². The first-order valence-corrected chi connectivity index (χ1v) is 6.02. The fraction of sp³-hybridized carbons (Fsp3) is 0.833. The normalized spacial score (nSPS) is 24.9. The summed E-state index contributed by atoms with van der Waals surface area (Å²) in [4.78, 5) is 22.9. The van der Waals surface area contributed by atoms with E-state index in [0.717, 1.165) is 25.7 Å². The molecule has 0 atom stereocenters. The lowest BCUT2D eigenvalue weighted by Crippen LogP contribution is -2.28. The second kappa shape index (κ2) is 6.51. The molecule has 0 N–H and O–H groups in total. The van der Waals surface area contributed by atoms with E-state index in [2.05, 4.69) is 0 Å². The smallest absolute Gasteiger partial charge is 0.308 e. The molecule has 16 heavy (non-hydrogen) atoms. The molecule has 0 spiro atoms. The zero-order valence-corrected chi connectivity index (χ0v) is 10.0.